The molecule has 0 N–H and O–H groups in total. The Labute approximate surface area is 165 Å². The molecule has 3 rings (SSSR count). The minimum atomic E-state index is -4.18. The van der Waals surface area contributed by atoms with Crippen molar-refractivity contribution in [2.45, 2.75) is 57.5 Å². The van der Waals surface area contributed by atoms with Crippen LogP contribution in [0, 0.1) is 29.2 Å². The van der Waals surface area contributed by atoms with Crippen molar-refractivity contribution < 1.29 is 31.1 Å². The Morgan fingerprint density at radius 2 is 1.66 bits per heavy atom. The Balaban J connectivity index is 1.75. The highest BCUT2D eigenvalue weighted by atomic mass is 19.3. The van der Waals surface area contributed by atoms with Gasteiger partial charge in [-0.15, -0.1) is 0 Å². The number of ether oxygens (including phenoxy) is 1. The zero-order chi connectivity index (χ0) is 21.2. The highest BCUT2D eigenvalue weighted by Gasteiger charge is 2.38. The number of rotatable bonds is 7. The molecule has 0 aliphatic heterocycles. The van der Waals surface area contributed by atoms with Gasteiger partial charge < -0.3 is 4.74 Å². The van der Waals surface area contributed by atoms with E-state index in [1.807, 2.05) is 0 Å². The molecule has 0 heterocycles. The van der Waals surface area contributed by atoms with E-state index in [4.69, 9.17) is 0 Å². The molecule has 0 radical (unpaired) electrons. The van der Waals surface area contributed by atoms with Crippen molar-refractivity contribution in [2.24, 2.45) is 5.92 Å². The predicted molar refractivity (Wildman–Crippen MR) is 96.8 cm³/mol. The van der Waals surface area contributed by atoms with E-state index in [2.05, 4.69) is 11.7 Å². The van der Waals surface area contributed by atoms with E-state index in [0.29, 0.717) is 11.5 Å². The van der Waals surface area contributed by atoms with Crippen molar-refractivity contribution in [3.63, 3.8) is 0 Å². The second kappa shape index (κ2) is 8.67. The summed E-state index contributed by atoms with van der Waals surface area (Å²) in [5.41, 5.74) is -0.396. The minimum Gasteiger partial charge on any atom is -0.429 e. The van der Waals surface area contributed by atoms with Crippen molar-refractivity contribution in [1.29, 1.82) is 0 Å². The van der Waals surface area contributed by atoms with Crippen molar-refractivity contribution in [3.05, 3.63) is 64.7 Å². The van der Waals surface area contributed by atoms with Crippen LogP contribution in [0.3, 0.4) is 0 Å². The molecule has 1 aliphatic carbocycles. The van der Waals surface area contributed by atoms with Crippen molar-refractivity contribution in [2.75, 3.05) is 0 Å². The van der Waals surface area contributed by atoms with Gasteiger partial charge in [-0.05, 0) is 48.8 Å². The van der Waals surface area contributed by atoms with Crippen LogP contribution in [0.15, 0.2) is 30.3 Å². The lowest BCUT2D eigenvalue weighted by Gasteiger charge is -2.20. The molecule has 2 aromatic rings. The lowest BCUT2D eigenvalue weighted by Crippen LogP contribution is -2.24. The molecular formula is C22H22F6O. The molecule has 0 saturated heterocycles. The van der Waals surface area contributed by atoms with Gasteiger partial charge in [-0.2, -0.15) is 8.78 Å². The summed E-state index contributed by atoms with van der Waals surface area (Å²) in [6.07, 6.45) is 2.01. The van der Waals surface area contributed by atoms with E-state index in [-0.39, 0.29) is 18.1 Å². The number of hydrogen-bond donors (Lipinski definition) is 0. The van der Waals surface area contributed by atoms with Crippen LogP contribution in [0.5, 0.6) is 5.75 Å². The van der Waals surface area contributed by atoms with Crippen LogP contribution in [0.25, 0.3) is 0 Å². The number of hydrogen-bond acceptors (Lipinski definition) is 1. The molecule has 0 spiro atoms. The molecule has 2 atom stereocenters. The fourth-order valence-electron chi connectivity index (χ4n) is 3.95. The lowest BCUT2D eigenvalue weighted by atomic mass is 9.93. The lowest BCUT2D eigenvalue weighted by molar-refractivity contribution is -0.187. The average molecular weight is 416 g/mol. The third-order valence-electron chi connectivity index (χ3n) is 5.49. The van der Waals surface area contributed by atoms with Gasteiger partial charge in [0.25, 0.3) is 0 Å². The molecule has 1 aliphatic rings. The van der Waals surface area contributed by atoms with Crippen LogP contribution in [-0.4, -0.2) is 0 Å². The van der Waals surface area contributed by atoms with Crippen LogP contribution in [0.1, 0.15) is 62.5 Å². The largest absolute Gasteiger partial charge is 0.429 e. The maximum absolute atomic E-state index is 14.5. The summed E-state index contributed by atoms with van der Waals surface area (Å²) in [6, 6.07) is 4.01. The van der Waals surface area contributed by atoms with Gasteiger partial charge in [0, 0.05) is 12.1 Å². The smallest absolute Gasteiger partial charge is 0.429 e. The Hall–Kier alpha value is -2.18. The van der Waals surface area contributed by atoms with E-state index < -0.39 is 40.7 Å². The van der Waals surface area contributed by atoms with Crippen LogP contribution in [0.4, 0.5) is 26.3 Å². The van der Waals surface area contributed by atoms with E-state index in [9.17, 15) is 26.3 Å². The summed E-state index contributed by atoms with van der Waals surface area (Å²) in [5, 5.41) is 0. The standard InChI is InChI=1S/C22H22F6O/c1-2-3-4-13-5-6-14(9-13)15-7-8-17(18(23)10-15)22(27,28)29-16-11-19(24)21(26)20(25)12-16/h7-8,10-14H,2-6,9H2,1H3. The number of alkyl halides is 2. The average Bonchev–Trinajstić information content (AvgIpc) is 3.12. The van der Waals surface area contributed by atoms with Crippen molar-refractivity contribution >= 4 is 0 Å². The molecule has 158 valence electrons. The number of halogens is 6. The summed E-state index contributed by atoms with van der Waals surface area (Å²) in [5.74, 6) is -6.57. The summed E-state index contributed by atoms with van der Waals surface area (Å²) in [7, 11) is 0. The molecule has 7 heteroatoms. The molecule has 1 nitrogen and oxygen atoms in total. The molecule has 0 aromatic heterocycles. The van der Waals surface area contributed by atoms with E-state index in [1.54, 1.807) is 0 Å². The zero-order valence-electron chi connectivity index (χ0n) is 16.0. The number of benzene rings is 2. The third-order valence-corrected chi connectivity index (χ3v) is 5.49. The van der Waals surface area contributed by atoms with Gasteiger partial charge in [0.15, 0.2) is 17.5 Å². The maximum Gasteiger partial charge on any atom is 0.429 e. The van der Waals surface area contributed by atoms with Crippen LogP contribution < -0.4 is 4.74 Å². The zero-order valence-corrected chi connectivity index (χ0v) is 16.0. The molecule has 0 amide bonds. The summed E-state index contributed by atoms with van der Waals surface area (Å²) in [6.45, 7) is 2.12. The van der Waals surface area contributed by atoms with Gasteiger partial charge >= 0.3 is 6.11 Å². The first-order valence-electron chi connectivity index (χ1n) is 9.72. The minimum absolute atomic E-state index is 0.121. The molecule has 0 bridgehead atoms. The van der Waals surface area contributed by atoms with Crippen LogP contribution in [-0.2, 0) is 6.11 Å². The Kier molecular flexibility index (Phi) is 6.44. The Morgan fingerprint density at radius 1 is 0.966 bits per heavy atom. The van der Waals surface area contributed by atoms with Gasteiger partial charge in [-0.3, -0.25) is 0 Å². The molecule has 29 heavy (non-hydrogen) atoms. The first kappa shape index (κ1) is 21.5. The summed E-state index contributed by atoms with van der Waals surface area (Å²) >= 11 is 0. The highest BCUT2D eigenvalue weighted by molar-refractivity contribution is 5.31. The molecule has 2 unspecified atom stereocenters. The van der Waals surface area contributed by atoms with Gasteiger partial charge in [-0.1, -0.05) is 32.3 Å². The molecule has 2 aromatic carbocycles. The van der Waals surface area contributed by atoms with Gasteiger partial charge in [0.2, 0.25) is 0 Å². The summed E-state index contributed by atoms with van der Waals surface area (Å²) in [4.78, 5) is 0. The first-order valence-corrected chi connectivity index (χ1v) is 9.72. The van der Waals surface area contributed by atoms with E-state index in [0.717, 1.165) is 50.7 Å². The van der Waals surface area contributed by atoms with Crippen molar-refractivity contribution in [3.8, 4) is 5.75 Å². The summed E-state index contributed by atoms with van der Waals surface area (Å²) < 4.78 is 86.9. The molecule has 1 saturated carbocycles. The highest BCUT2D eigenvalue weighted by Crippen LogP contribution is 2.42. The monoisotopic (exact) mass is 416 g/mol. The van der Waals surface area contributed by atoms with E-state index >= 15 is 0 Å². The quantitative estimate of drug-likeness (QED) is 0.337. The van der Waals surface area contributed by atoms with Gasteiger partial charge in [-0.25, -0.2) is 17.6 Å². The van der Waals surface area contributed by atoms with Gasteiger partial charge in [0.05, 0.1) is 5.56 Å². The SMILES string of the molecule is CCCCC1CCC(c2ccc(C(F)(F)Oc3cc(F)c(F)c(F)c3)c(F)c2)C1. The second-order valence-corrected chi connectivity index (χ2v) is 7.58. The second-order valence-electron chi connectivity index (χ2n) is 7.58. The Bertz CT molecular complexity index is 843. The topological polar surface area (TPSA) is 9.23 Å². The van der Waals surface area contributed by atoms with Crippen LogP contribution in [0.2, 0.25) is 0 Å². The molecule has 1 fully saturated rings. The first-order chi connectivity index (χ1) is 13.7. The fraction of sp³-hybridized carbons (Fsp3) is 0.455. The van der Waals surface area contributed by atoms with Crippen LogP contribution >= 0.6 is 0 Å². The predicted octanol–water partition coefficient (Wildman–Crippen LogP) is 7.45. The Morgan fingerprint density at radius 3 is 2.28 bits per heavy atom. The third kappa shape index (κ3) is 4.87. The van der Waals surface area contributed by atoms with Gasteiger partial charge in [0.1, 0.15) is 11.6 Å². The maximum atomic E-state index is 14.5. The normalized spacial score (nSPS) is 19.6. The molecular weight excluding hydrogens is 394 g/mol. The van der Waals surface area contributed by atoms with E-state index in [1.165, 1.54) is 6.07 Å². The number of unbranched alkanes of at least 4 members (excludes halogenated alkanes) is 1. The fourth-order valence-corrected chi connectivity index (χ4v) is 3.95. The van der Waals surface area contributed by atoms with Crippen molar-refractivity contribution in [1.82, 2.24) is 0 Å².